The molecule has 3 heterocycles. The number of rotatable bonds is 4. The van der Waals surface area contributed by atoms with Crippen molar-refractivity contribution < 1.29 is 9.32 Å². The molecular weight excluding hydrogens is 316 g/mol. The third-order valence-corrected chi connectivity index (χ3v) is 5.12. The number of hydrogen-bond donors (Lipinski definition) is 1. The third kappa shape index (κ3) is 3.05. The Morgan fingerprint density at radius 3 is 2.78 bits per heavy atom. The molecule has 124 valence electrons. The summed E-state index contributed by atoms with van der Waals surface area (Å²) in [5, 5.41) is 17.4. The van der Waals surface area contributed by atoms with Crippen molar-refractivity contribution in [1.82, 2.24) is 25.7 Å². The number of nitrogens with zero attached hydrogens (tertiary/aromatic N) is 5. The number of amides is 1. The summed E-state index contributed by atoms with van der Waals surface area (Å²) < 4.78 is 5.10. The van der Waals surface area contributed by atoms with E-state index in [0.717, 1.165) is 16.7 Å². The minimum atomic E-state index is -0.646. The summed E-state index contributed by atoms with van der Waals surface area (Å²) in [4.78, 5) is 18.1. The predicted molar refractivity (Wildman–Crippen MR) is 85.4 cm³/mol. The van der Waals surface area contributed by atoms with E-state index in [1.165, 1.54) is 6.92 Å². The van der Waals surface area contributed by atoms with Crippen LogP contribution in [0.2, 0.25) is 0 Å². The normalized spacial score (nSPS) is 21.2. The lowest BCUT2D eigenvalue weighted by Crippen LogP contribution is -2.48. The van der Waals surface area contributed by atoms with Gasteiger partial charge in [0, 0.05) is 26.3 Å². The molecule has 3 rings (SSSR count). The van der Waals surface area contributed by atoms with E-state index in [0.29, 0.717) is 30.6 Å². The summed E-state index contributed by atoms with van der Waals surface area (Å²) in [5.74, 6) is 1.24. The molecule has 23 heavy (non-hydrogen) atoms. The fourth-order valence-electron chi connectivity index (χ4n) is 2.73. The molecule has 0 bridgehead atoms. The van der Waals surface area contributed by atoms with Crippen molar-refractivity contribution in [3.05, 3.63) is 16.7 Å². The second kappa shape index (κ2) is 5.88. The van der Waals surface area contributed by atoms with Crippen LogP contribution in [0.15, 0.2) is 4.52 Å². The van der Waals surface area contributed by atoms with E-state index in [4.69, 9.17) is 4.52 Å². The first-order chi connectivity index (χ1) is 10.9. The first-order valence-corrected chi connectivity index (χ1v) is 8.39. The second-order valence-electron chi connectivity index (χ2n) is 6.15. The molecule has 2 aromatic heterocycles. The minimum Gasteiger partial charge on any atom is -0.344 e. The van der Waals surface area contributed by atoms with Gasteiger partial charge < -0.3 is 14.7 Å². The van der Waals surface area contributed by atoms with E-state index >= 15 is 0 Å². The van der Waals surface area contributed by atoms with Crippen LogP contribution in [0.5, 0.6) is 0 Å². The standard InChI is InChI=1S/C14H20N6O2S/c1-8(2)11-17-18-13(23-11)20-6-5-14(7-20,16-9(3)21)12-15-10(4)22-19-12/h8H,5-7H2,1-4H3,(H,16,21)/t14-/m1/s1. The minimum absolute atomic E-state index is 0.116. The van der Waals surface area contributed by atoms with Crippen molar-refractivity contribution in [1.29, 1.82) is 0 Å². The predicted octanol–water partition coefficient (Wildman–Crippen LogP) is 1.59. The molecule has 8 nitrogen and oxygen atoms in total. The quantitative estimate of drug-likeness (QED) is 0.905. The van der Waals surface area contributed by atoms with Crippen LogP contribution < -0.4 is 10.2 Å². The monoisotopic (exact) mass is 336 g/mol. The molecule has 1 aliphatic heterocycles. The van der Waals surface area contributed by atoms with Gasteiger partial charge in [-0.3, -0.25) is 4.79 Å². The summed E-state index contributed by atoms with van der Waals surface area (Å²) >= 11 is 1.59. The van der Waals surface area contributed by atoms with Crippen molar-refractivity contribution in [2.24, 2.45) is 0 Å². The van der Waals surface area contributed by atoms with E-state index in [1.54, 1.807) is 18.3 Å². The number of aryl methyl sites for hydroxylation is 1. The van der Waals surface area contributed by atoms with Crippen molar-refractivity contribution in [3.8, 4) is 0 Å². The van der Waals surface area contributed by atoms with Gasteiger partial charge in [-0.25, -0.2) is 0 Å². The Balaban J connectivity index is 1.87. The molecule has 0 aromatic carbocycles. The van der Waals surface area contributed by atoms with Gasteiger partial charge in [0.15, 0.2) is 5.82 Å². The summed E-state index contributed by atoms with van der Waals surface area (Å²) in [6.07, 6.45) is 0.697. The molecule has 1 N–H and O–H groups in total. The topological polar surface area (TPSA) is 97.0 Å². The van der Waals surface area contributed by atoms with Crippen LogP contribution in [0.3, 0.4) is 0 Å². The van der Waals surface area contributed by atoms with Crippen LogP contribution in [0.4, 0.5) is 5.13 Å². The van der Waals surface area contributed by atoms with Crippen LogP contribution >= 0.6 is 11.3 Å². The van der Waals surface area contributed by atoms with Crippen LogP contribution in [0.1, 0.15) is 49.8 Å². The first kappa shape index (κ1) is 15.9. The van der Waals surface area contributed by atoms with Crippen LogP contribution in [0, 0.1) is 6.92 Å². The average Bonchev–Trinajstić information content (AvgIpc) is 3.16. The fourth-order valence-corrected chi connectivity index (χ4v) is 3.60. The molecule has 1 saturated heterocycles. The highest BCUT2D eigenvalue weighted by molar-refractivity contribution is 7.15. The molecule has 1 fully saturated rings. The second-order valence-corrected chi connectivity index (χ2v) is 7.14. The molecule has 1 aliphatic rings. The number of carbonyl (C=O) groups excluding carboxylic acids is 1. The molecule has 0 radical (unpaired) electrons. The number of nitrogens with one attached hydrogen (secondary N) is 1. The van der Waals surface area contributed by atoms with E-state index in [2.05, 4.69) is 44.4 Å². The van der Waals surface area contributed by atoms with Crippen LogP contribution in [-0.2, 0) is 10.3 Å². The van der Waals surface area contributed by atoms with Crippen LogP contribution in [-0.4, -0.2) is 39.3 Å². The lowest BCUT2D eigenvalue weighted by molar-refractivity contribution is -0.120. The Morgan fingerprint density at radius 2 is 2.22 bits per heavy atom. The number of carbonyl (C=O) groups is 1. The molecule has 0 saturated carbocycles. The smallest absolute Gasteiger partial charge is 0.223 e. The van der Waals surface area contributed by atoms with E-state index in [9.17, 15) is 4.79 Å². The summed E-state index contributed by atoms with van der Waals surface area (Å²) in [6, 6.07) is 0. The van der Waals surface area contributed by atoms with E-state index in [-0.39, 0.29) is 5.91 Å². The largest absolute Gasteiger partial charge is 0.344 e. The van der Waals surface area contributed by atoms with E-state index < -0.39 is 5.54 Å². The highest BCUT2D eigenvalue weighted by Gasteiger charge is 2.45. The maximum Gasteiger partial charge on any atom is 0.223 e. The zero-order valence-corrected chi connectivity index (χ0v) is 14.5. The molecule has 1 amide bonds. The average molecular weight is 336 g/mol. The van der Waals surface area contributed by atoms with Gasteiger partial charge in [-0.1, -0.05) is 30.3 Å². The van der Waals surface area contributed by atoms with Gasteiger partial charge >= 0.3 is 0 Å². The summed E-state index contributed by atoms with van der Waals surface area (Å²) in [5.41, 5.74) is -0.646. The molecule has 1 atom stereocenters. The molecule has 0 spiro atoms. The Bertz CT molecular complexity index is 712. The van der Waals surface area contributed by atoms with Crippen molar-refractivity contribution in [2.45, 2.75) is 45.6 Å². The maximum atomic E-state index is 11.7. The Morgan fingerprint density at radius 1 is 1.43 bits per heavy atom. The zero-order chi connectivity index (χ0) is 16.6. The van der Waals surface area contributed by atoms with Gasteiger partial charge in [-0.15, -0.1) is 10.2 Å². The molecule has 0 aliphatic carbocycles. The Hall–Kier alpha value is -2.03. The molecular formula is C14H20N6O2S. The third-order valence-electron chi connectivity index (χ3n) is 3.83. The zero-order valence-electron chi connectivity index (χ0n) is 13.7. The lowest BCUT2D eigenvalue weighted by atomic mass is 9.97. The highest BCUT2D eigenvalue weighted by Crippen LogP contribution is 2.35. The van der Waals surface area contributed by atoms with E-state index in [1.807, 2.05) is 0 Å². The SMILES string of the molecule is CC(=O)N[C@]1(c2noc(C)n2)CCN(c2nnc(C(C)C)s2)C1. The van der Waals surface area contributed by atoms with Gasteiger partial charge in [0.25, 0.3) is 0 Å². The lowest BCUT2D eigenvalue weighted by Gasteiger charge is -2.26. The highest BCUT2D eigenvalue weighted by atomic mass is 32.1. The Labute approximate surface area is 138 Å². The van der Waals surface area contributed by atoms with Crippen LogP contribution in [0.25, 0.3) is 0 Å². The number of anilines is 1. The van der Waals surface area contributed by atoms with Gasteiger partial charge in [-0.05, 0) is 6.42 Å². The number of aromatic nitrogens is 4. The van der Waals surface area contributed by atoms with Crippen molar-refractivity contribution in [3.63, 3.8) is 0 Å². The molecule has 0 unspecified atom stereocenters. The fraction of sp³-hybridized carbons (Fsp3) is 0.643. The van der Waals surface area contributed by atoms with Gasteiger partial charge in [0.1, 0.15) is 10.5 Å². The summed E-state index contributed by atoms with van der Waals surface area (Å²) in [7, 11) is 0. The first-order valence-electron chi connectivity index (χ1n) is 7.57. The van der Waals surface area contributed by atoms with Crippen molar-refractivity contribution >= 4 is 22.4 Å². The molecule has 2 aromatic rings. The summed E-state index contributed by atoms with van der Waals surface area (Å²) in [6.45, 7) is 8.73. The number of hydrogen-bond acceptors (Lipinski definition) is 8. The van der Waals surface area contributed by atoms with Gasteiger partial charge in [-0.2, -0.15) is 4.98 Å². The molecule has 9 heteroatoms. The maximum absolute atomic E-state index is 11.7. The Kier molecular flexibility index (Phi) is 4.05. The van der Waals surface area contributed by atoms with Crippen molar-refractivity contribution in [2.75, 3.05) is 18.0 Å². The van der Waals surface area contributed by atoms with Gasteiger partial charge in [0.05, 0.1) is 6.54 Å². The van der Waals surface area contributed by atoms with Gasteiger partial charge in [0.2, 0.25) is 16.9 Å².